The molecule has 0 radical (unpaired) electrons. The summed E-state index contributed by atoms with van der Waals surface area (Å²) in [5, 5.41) is 3.50. The Kier molecular flexibility index (Phi) is 4.27. The van der Waals surface area contributed by atoms with Crippen LogP contribution >= 0.6 is 0 Å². The van der Waals surface area contributed by atoms with Gasteiger partial charge < -0.3 is 0 Å². The molecular formula is C13H9F3N4O. The van der Waals surface area contributed by atoms with Crippen molar-refractivity contribution in [3.8, 4) is 0 Å². The van der Waals surface area contributed by atoms with Gasteiger partial charge in [-0.25, -0.2) is 10.4 Å². The number of amides is 1. The molecule has 1 heterocycles. The van der Waals surface area contributed by atoms with Gasteiger partial charge in [0, 0.05) is 18.0 Å². The van der Waals surface area contributed by atoms with Crippen LogP contribution in [0, 0.1) is 0 Å². The molecule has 0 saturated heterocycles. The second-order valence-electron chi connectivity index (χ2n) is 3.87. The highest BCUT2D eigenvalue weighted by Gasteiger charge is 2.32. The lowest BCUT2D eigenvalue weighted by Crippen LogP contribution is -2.19. The van der Waals surface area contributed by atoms with Gasteiger partial charge >= 0.3 is 6.18 Å². The third-order valence-corrected chi connectivity index (χ3v) is 2.43. The normalized spacial score (nSPS) is 11.6. The number of benzene rings is 1. The number of hydrazone groups is 1. The van der Waals surface area contributed by atoms with Crippen molar-refractivity contribution >= 4 is 12.1 Å². The molecule has 21 heavy (non-hydrogen) atoms. The summed E-state index contributed by atoms with van der Waals surface area (Å²) < 4.78 is 38.2. The molecule has 0 atom stereocenters. The second-order valence-corrected chi connectivity index (χ2v) is 3.87. The van der Waals surface area contributed by atoms with Crippen LogP contribution in [0.4, 0.5) is 13.2 Å². The summed E-state index contributed by atoms with van der Waals surface area (Å²) in [5.74, 6) is -0.663. The van der Waals surface area contributed by atoms with E-state index in [1.807, 2.05) is 0 Å². The minimum atomic E-state index is -4.49. The van der Waals surface area contributed by atoms with Gasteiger partial charge in [-0.2, -0.15) is 18.3 Å². The van der Waals surface area contributed by atoms with E-state index < -0.39 is 17.6 Å². The van der Waals surface area contributed by atoms with Gasteiger partial charge in [0.15, 0.2) is 0 Å². The first kappa shape index (κ1) is 14.6. The third-order valence-electron chi connectivity index (χ3n) is 2.43. The fraction of sp³-hybridized carbons (Fsp3) is 0.0769. The number of halogens is 3. The summed E-state index contributed by atoms with van der Waals surface area (Å²) in [6, 6.07) is 4.91. The van der Waals surface area contributed by atoms with Gasteiger partial charge in [0.2, 0.25) is 0 Å². The van der Waals surface area contributed by atoms with E-state index in [4.69, 9.17) is 0 Å². The van der Waals surface area contributed by atoms with Gasteiger partial charge in [0.25, 0.3) is 5.91 Å². The standard InChI is InChI=1S/C13H9F3N4O/c14-13(15,16)10-4-2-1-3-9(10)7-19-20-12(21)11-8-17-5-6-18-11/h1-8H,(H,20,21). The van der Waals surface area contributed by atoms with Crippen LogP contribution in [-0.4, -0.2) is 22.1 Å². The first-order valence-corrected chi connectivity index (χ1v) is 5.74. The number of carbonyl (C=O) groups is 1. The Morgan fingerprint density at radius 1 is 1.24 bits per heavy atom. The number of rotatable bonds is 3. The fourth-order valence-electron chi connectivity index (χ4n) is 1.50. The zero-order valence-electron chi connectivity index (χ0n) is 10.5. The third kappa shape index (κ3) is 3.85. The Labute approximate surface area is 117 Å². The Hall–Kier alpha value is -2.77. The molecule has 0 saturated carbocycles. The maximum atomic E-state index is 12.7. The fourth-order valence-corrected chi connectivity index (χ4v) is 1.50. The number of nitrogens with one attached hydrogen (secondary N) is 1. The number of nitrogens with zero attached hydrogens (tertiary/aromatic N) is 3. The highest BCUT2D eigenvalue weighted by atomic mass is 19.4. The number of hydrogen-bond acceptors (Lipinski definition) is 4. The van der Waals surface area contributed by atoms with E-state index in [1.165, 1.54) is 36.8 Å². The van der Waals surface area contributed by atoms with Gasteiger partial charge in [0.1, 0.15) is 5.69 Å². The Bertz CT molecular complexity index is 656. The average Bonchev–Trinajstić information content (AvgIpc) is 2.47. The summed E-state index contributed by atoms with van der Waals surface area (Å²) >= 11 is 0. The van der Waals surface area contributed by atoms with E-state index in [2.05, 4.69) is 20.5 Å². The first-order valence-electron chi connectivity index (χ1n) is 5.74. The summed E-state index contributed by atoms with van der Waals surface area (Å²) in [5.41, 5.74) is 1.12. The maximum absolute atomic E-state index is 12.7. The van der Waals surface area contributed by atoms with Crippen molar-refractivity contribution in [2.45, 2.75) is 6.18 Å². The van der Waals surface area contributed by atoms with E-state index in [0.717, 1.165) is 12.3 Å². The van der Waals surface area contributed by atoms with Crippen molar-refractivity contribution in [2.24, 2.45) is 5.10 Å². The SMILES string of the molecule is O=C(NN=Cc1ccccc1C(F)(F)F)c1cnccn1. The molecule has 1 N–H and O–H groups in total. The Morgan fingerprint density at radius 3 is 2.67 bits per heavy atom. The molecule has 0 unspecified atom stereocenters. The van der Waals surface area contributed by atoms with Crippen LogP contribution in [0.1, 0.15) is 21.6 Å². The molecule has 5 nitrogen and oxygen atoms in total. The topological polar surface area (TPSA) is 67.2 Å². The van der Waals surface area contributed by atoms with Crippen LogP contribution < -0.4 is 5.43 Å². The Balaban J connectivity index is 2.11. The molecule has 0 fully saturated rings. The number of hydrogen-bond donors (Lipinski definition) is 1. The summed E-state index contributed by atoms with van der Waals surface area (Å²) in [6.07, 6.45) is 0.361. The molecule has 8 heteroatoms. The van der Waals surface area contributed by atoms with Gasteiger partial charge in [-0.15, -0.1) is 0 Å². The monoisotopic (exact) mass is 294 g/mol. The second kappa shape index (κ2) is 6.12. The van der Waals surface area contributed by atoms with Crippen molar-refractivity contribution in [1.29, 1.82) is 0 Å². The number of carbonyl (C=O) groups excluding carboxylic acids is 1. The smallest absolute Gasteiger partial charge is 0.265 e. The lowest BCUT2D eigenvalue weighted by Gasteiger charge is -2.09. The molecule has 0 aliphatic carbocycles. The molecule has 1 aromatic carbocycles. The zero-order valence-corrected chi connectivity index (χ0v) is 10.5. The Morgan fingerprint density at radius 2 is 2.00 bits per heavy atom. The van der Waals surface area contributed by atoms with Crippen LogP contribution in [0.25, 0.3) is 0 Å². The van der Waals surface area contributed by atoms with E-state index in [9.17, 15) is 18.0 Å². The lowest BCUT2D eigenvalue weighted by atomic mass is 10.1. The van der Waals surface area contributed by atoms with Crippen molar-refractivity contribution in [3.63, 3.8) is 0 Å². The molecule has 1 aromatic heterocycles. The van der Waals surface area contributed by atoms with Crippen LogP contribution in [0.2, 0.25) is 0 Å². The van der Waals surface area contributed by atoms with Gasteiger partial charge in [-0.05, 0) is 6.07 Å². The molecule has 0 bridgehead atoms. The predicted molar refractivity (Wildman–Crippen MR) is 68.5 cm³/mol. The first-order chi connectivity index (χ1) is 9.98. The van der Waals surface area contributed by atoms with E-state index >= 15 is 0 Å². The number of alkyl halides is 3. The van der Waals surface area contributed by atoms with E-state index in [1.54, 1.807) is 0 Å². The molecule has 2 aromatic rings. The summed E-state index contributed by atoms with van der Waals surface area (Å²) in [6.45, 7) is 0. The summed E-state index contributed by atoms with van der Waals surface area (Å²) in [4.78, 5) is 19.0. The van der Waals surface area contributed by atoms with Crippen molar-refractivity contribution in [3.05, 3.63) is 59.7 Å². The minimum absolute atomic E-state index is 0.0127. The minimum Gasteiger partial charge on any atom is -0.265 e. The van der Waals surface area contributed by atoms with Gasteiger partial charge in [0.05, 0.1) is 18.0 Å². The molecule has 108 valence electrons. The zero-order chi connectivity index (χ0) is 15.3. The molecule has 1 amide bonds. The van der Waals surface area contributed by atoms with Crippen LogP contribution in [0.5, 0.6) is 0 Å². The molecule has 0 spiro atoms. The number of aromatic nitrogens is 2. The highest BCUT2D eigenvalue weighted by Crippen LogP contribution is 2.30. The molecule has 0 aliphatic heterocycles. The van der Waals surface area contributed by atoms with Crippen LogP contribution in [0.3, 0.4) is 0 Å². The largest absolute Gasteiger partial charge is 0.417 e. The van der Waals surface area contributed by atoms with Crippen molar-refractivity contribution in [2.75, 3.05) is 0 Å². The molecule has 0 aliphatic rings. The van der Waals surface area contributed by atoms with E-state index in [0.29, 0.717) is 0 Å². The van der Waals surface area contributed by atoms with Gasteiger partial charge in [-0.1, -0.05) is 18.2 Å². The average molecular weight is 294 g/mol. The van der Waals surface area contributed by atoms with Crippen molar-refractivity contribution in [1.82, 2.24) is 15.4 Å². The van der Waals surface area contributed by atoms with Crippen LogP contribution in [0.15, 0.2) is 48.0 Å². The van der Waals surface area contributed by atoms with Gasteiger partial charge in [-0.3, -0.25) is 9.78 Å². The van der Waals surface area contributed by atoms with E-state index in [-0.39, 0.29) is 11.3 Å². The molecular weight excluding hydrogens is 285 g/mol. The van der Waals surface area contributed by atoms with Crippen LogP contribution in [-0.2, 0) is 6.18 Å². The lowest BCUT2D eigenvalue weighted by molar-refractivity contribution is -0.137. The maximum Gasteiger partial charge on any atom is 0.417 e. The summed E-state index contributed by atoms with van der Waals surface area (Å²) in [7, 11) is 0. The highest BCUT2D eigenvalue weighted by molar-refractivity contribution is 5.92. The molecule has 2 rings (SSSR count). The van der Waals surface area contributed by atoms with Crippen molar-refractivity contribution < 1.29 is 18.0 Å². The quantitative estimate of drug-likeness (QED) is 0.697. The predicted octanol–water partition coefficient (Wildman–Crippen LogP) is 2.26.